The van der Waals surface area contributed by atoms with Crippen LogP contribution in [-0.4, -0.2) is 35.5 Å². The monoisotopic (exact) mass is 384 g/mol. The average Bonchev–Trinajstić information content (AvgIpc) is 2.56. The SMILES string of the molecule is CON(C)S(=O)(=O)c1ccc(NS(=O)(=O)c2ccc(C)c(C)c2)cc1. The lowest BCUT2D eigenvalue weighted by molar-refractivity contribution is -0.0258. The number of nitrogens with zero attached hydrogens (tertiary/aromatic N) is 1. The molecule has 0 spiro atoms. The van der Waals surface area contributed by atoms with E-state index in [0.717, 1.165) is 15.6 Å². The summed E-state index contributed by atoms with van der Waals surface area (Å²) in [4.78, 5) is 4.83. The summed E-state index contributed by atoms with van der Waals surface area (Å²) in [5.74, 6) is 0. The van der Waals surface area contributed by atoms with E-state index >= 15 is 0 Å². The zero-order valence-corrected chi connectivity index (χ0v) is 16.0. The highest BCUT2D eigenvalue weighted by Crippen LogP contribution is 2.21. The van der Waals surface area contributed by atoms with Crippen LogP contribution < -0.4 is 4.72 Å². The van der Waals surface area contributed by atoms with Crippen molar-refractivity contribution >= 4 is 25.7 Å². The van der Waals surface area contributed by atoms with Crippen molar-refractivity contribution in [3.63, 3.8) is 0 Å². The maximum absolute atomic E-state index is 12.4. The molecule has 0 bridgehead atoms. The molecule has 0 fully saturated rings. The lowest BCUT2D eigenvalue weighted by atomic mass is 10.1. The molecule has 0 unspecified atom stereocenters. The van der Waals surface area contributed by atoms with Crippen LogP contribution in [-0.2, 0) is 24.9 Å². The number of nitrogens with one attached hydrogen (secondary N) is 1. The van der Waals surface area contributed by atoms with Gasteiger partial charge in [-0.1, -0.05) is 10.5 Å². The zero-order valence-electron chi connectivity index (χ0n) is 14.3. The van der Waals surface area contributed by atoms with E-state index in [4.69, 9.17) is 4.84 Å². The average molecular weight is 384 g/mol. The molecule has 25 heavy (non-hydrogen) atoms. The number of anilines is 1. The first-order valence-corrected chi connectivity index (χ1v) is 10.2. The van der Waals surface area contributed by atoms with Crippen molar-refractivity contribution in [2.75, 3.05) is 18.9 Å². The minimum atomic E-state index is -3.78. The molecule has 0 aliphatic rings. The van der Waals surface area contributed by atoms with Gasteiger partial charge in [-0.3, -0.25) is 9.56 Å². The standard InChI is InChI=1S/C16H20N2O5S2/c1-12-5-8-16(11-13(12)2)24(19,20)17-14-6-9-15(10-7-14)25(21,22)18(3)23-4/h5-11,17H,1-4H3. The van der Waals surface area contributed by atoms with Crippen LogP contribution in [0, 0.1) is 13.8 Å². The fourth-order valence-corrected chi connectivity index (χ4v) is 4.15. The Morgan fingerprint density at radius 3 is 1.96 bits per heavy atom. The largest absolute Gasteiger partial charge is 0.288 e. The lowest BCUT2D eigenvalue weighted by Crippen LogP contribution is -2.25. The van der Waals surface area contributed by atoms with Crippen LogP contribution in [0.4, 0.5) is 5.69 Å². The van der Waals surface area contributed by atoms with Crippen LogP contribution in [0.1, 0.15) is 11.1 Å². The predicted molar refractivity (Wildman–Crippen MR) is 95.1 cm³/mol. The van der Waals surface area contributed by atoms with E-state index in [0.29, 0.717) is 0 Å². The minimum Gasteiger partial charge on any atom is -0.288 e. The number of hydroxylamine groups is 1. The summed E-state index contributed by atoms with van der Waals surface area (Å²) in [6.07, 6.45) is 0. The van der Waals surface area contributed by atoms with Crippen LogP contribution in [0.3, 0.4) is 0 Å². The second-order valence-electron chi connectivity index (χ2n) is 5.47. The van der Waals surface area contributed by atoms with Gasteiger partial charge in [0.25, 0.3) is 20.0 Å². The van der Waals surface area contributed by atoms with Gasteiger partial charge in [0.05, 0.1) is 16.9 Å². The predicted octanol–water partition coefficient (Wildman–Crippen LogP) is 2.29. The van der Waals surface area contributed by atoms with Crippen molar-refractivity contribution in [1.29, 1.82) is 0 Å². The summed E-state index contributed by atoms with van der Waals surface area (Å²) in [5, 5.41) is 0. The number of sulfonamides is 2. The highest BCUT2D eigenvalue weighted by atomic mass is 32.2. The first-order chi connectivity index (χ1) is 11.6. The summed E-state index contributed by atoms with van der Waals surface area (Å²) in [6.45, 7) is 3.73. The maximum Gasteiger partial charge on any atom is 0.264 e. The van der Waals surface area contributed by atoms with E-state index in [1.165, 1.54) is 44.5 Å². The molecular weight excluding hydrogens is 364 g/mol. The minimum absolute atomic E-state index is 0.00835. The summed E-state index contributed by atoms with van der Waals surface area (Å²) < 4.78 is 52.3. The Bertz CT molecular complexity index is 968. The molecule has 0 saturated heterocycles. The van der Waals surface area contributed by atoms with Gasteiger partial charge < -0.3 is 0 Å². The van der Waals surface area contributed by atoms with Crippen molar-refractivity contribution in [3.8, 4) is 0 Å². The Kier molecular flexibility index (Phi) is 5.52. The zero-order chi connectivity index (χ0) is 18.8. The fourth-order valence-electron chi connectivity index (χ4n) is 2.04. The van der Waals surface area contributed by atoms with Gasteiger partial charge in [-0.05, 0) is 61.4 Å². The molecule has 7 nitrogen and oxygen atoms in total. The normalized spacial score (nSPS) is 12.4. The molecule has 0 heterocycles. The van der Waals surface area contributed by atoms with Crippen LogP contribution in [0.2, 0.25) is 0 Å². The number of benzene rings is 2. The molecule has 0 aliphatic heterocycles. The molecular formula is C16H20N2O5S2. The molecule has 0 radical (unpaired) electrons. The second-order valence-corrected chi connectivity index (χ2v) is 9.09. The third-order valence-electron chi connectivity index (χ3n) is 3.79. The highest BCUT2D eigenvalue weighted by molar-refractivity contribution is 7.92. The van der Waals surface area contributed by atoms with Gasteiger partial charge >= 0.3 is 0 Å². The van der Waals surface area contributed by atoms with Gasteiger partial charge in [-0.2, -0.15) is 0 Å². The number of aryl methyl sites for hydroxylation is 2. The Hall–Kier alpha value is -1.94. The third kappa shape index (κ3) is 4.18. The Morgan fingerprint density at radius 1 is 0.880 bits per heavy atom. The third-order valence-corrected chi connectivity index (χ3v) is 6.86. The lowest BCUT2D eigenvalue weighted by Gasteiger charge is -2.14. The van der Waals surface area contributed by atoms with Gasteiger partial charge in [-0.15, -0.1) is 0 Å². The van der Waals surface area contributed by atoms with E-state index in [2.05, 4.69) is 4.72 Å². The van der Waals surface area contributed by atoms with Crippen LogP contribution >= 0.6 is 0 Å². The van der Waals surface area contributed by atoms with Crippen LogP contribution in [0.25, 0.3) is 0 Å². The molecule has 1 N–H and O–H groups in total. The van der Waals surface area contributed by atoms with Gasteiger partial charge in [0.1, 0.15) is 0 Å². The number of rotatable bonds is 6. The fraction of sp³-hybridized carbons (Fsp3) is 0.250. The van der Waals surface area contributed by atoms with Gasteiger partial charge in [0.2, 0.25) is 0 Å². The molecule has 2 rings (SSSR count). The molecule has 2 aromatic rings. The topological polar surface area (TPSA) is 92.8 Å². The Labute approximate surface area is 148 Å². The van der Waals surface area contributed by atoms with E-state index in [1.54, 1.807) is 12.1 Å². The van der Waals surface area contributed by atoms with E-state index in [1.807, 2.05) is 13.8 Å². The first-order valence-electron chi connectivity index (χ1n) is 7.31. The molecule has 2 aromatic carbocycles. The second kappa shape index (κ2) is 7.12. The molecule has 9 heteroatoms. The van der Waals surface area contributed by atoms with Crippen molar-refractivity contribution in [1.82, 2.24) is 4.47 Å². The first kappa shape index (κ1) is 19.4. The van der Waals surface area contributed by atoms with E-state index in [-0.39, 0.29) is 15.5 Å². The smallest absolute Gasteiger partial charge is 0.264 e. The van der Waals surface area contributed by atoms with Gasteiger partial charge in [0.15, 0.2) is 0 Å². The molecule has 0 aromatic heterocycles. The molecule has 0 atom stereocenters. The summed E-state index contributed by atoms with van der Waals surface area (Å²) in [6, 6.07) is 10.2. The van der Waals surface area contributed by atoms with Gasteiger partial charge in [-0.25, -0.2) is 16.8 Å². The summed E-state index contributed by atoms with van der Waals surface area (Å²) >= 11 is 0. The van der Waals surface area contributed by atoms with E-state index < -0.39 is 20.0 Å². The molecule has 136 valence electrons. The molecule has 0 amide bonds. The molecule has 0 saturated carbocycles. The summed E-state index contributed by atoms with van der Waals surface area (Å²) in [5.41, 5.74) is 2.12. The van der Waals surface area contributed by atoms with E-state index in [9.17, 15) is 16.8 Å². The van der Waals surface area contributed by atoms with Crippen molar-refractivity contribution in [2.24, 2.45) is 0 Å². The quantitative estimate of drug-likeness (QED) is 0.772. The van der Waals surface area contributed by atoms with Crippen molar-refractivity contribution in [3.05, 3.63) is 53.6 Å². The molecule has 0 aliphatic carbocycles. The van der Waals surface area contributed by atoms with Gasteiger partial charge in [0, 0.05) is 12.7 Å². The van der Waals surface area contributed by atoms with Crippen molar-refractivity contribution < 1.29 is 21.7 Å². The van der Waals surface area contributed by atoms with Crippen molar-refractivity contribution in [2.45, 2.75) is 23.6 Å². The number of hydrogen-bond donors (Lipinski definition) is 1. The van der Waals surface area contributed by atoms with Crippen LogP contribution in [0.15, 0.2) is 52.3 Å². The Morgan fingerprint density at radius 2 is 1.44 bits per heavy atom. The van der Waals surface area contributed by atoms with Crippen LogP contribution in [0.5, 0.6) is 0 Å². The number of hydrogen-bond acceptors (Lipinski definition) is 5. The Balaban J connectivity index is 2.27. The maximum atomic E-state index is 12.4. The highest BCUT2D eigenvalue weighted by Gasteiger charge is 2.21. The summed E-state index contributed by atoms with van der Waals surface area (Å²) in [7, 11) is -5.03.